The molecule has 2 aromatic rings. The molecule has 0 saturated carbocycles. The fourth-order valence-electron chi connectivity index (χ4n) is 1.77. The summed E-state index contributed by atoms with van der Waals surface area (Å²) >= 11 is 3.30. The Hall–Kier alpha value is -2.02. The van der Waals surface area contributed by atoms with Crippen molar-refractivity contribution in [2.45, 2.75) is 27.7 Å². The van der Waals surface area contributed by atoms with Gasteiger partial charge in [0.25, 0.3) is 0 Å². The van der Waals surface area contributed by atoms with Crippen LogP contribution in [-0.2, 0) is 0 Å². The predicted octanol–water partition coefficient (Wildman–Crippen LogP) is 3.50. The maximum atomic E-state index is 5.68. The van der Waals surface area contributed by atoms with Crippen LogP contribution in [-0.4, -0.2) is 23.2 Å². The fourth-order valence-corrected chi connectivity index (χ4v) is 2.09. The van der Waals surface area contributed by atoms with Gasteiger partial charge < -0.3 is 20.9 Å². The molecule has 0 atom stereocenters. The summed E-state index contributed by atoms with van der Waals surface area (Å²) in [6, 6.07) is 5.33. The van der Waals surface area contributed by atoms with Gasteiger partial charge in [-0.25, -0.2) is 9.97 Å². The van der Waals surface area contributed by atoms with Crippen molar-refractivity contribution >= 4 is 27.3 Å². The molecule has 0 aliphatic carbocycles. The molecule has 0 aromatic carbocycles. The minimum absolute atomic E-state index is 0.565. The van der Waals surface area contributed by atoms with Gasteiger partial charge in [-0.15, -0.1) is 0 Å². The van der Waals surface area contributed by atoms with E-state index in [4.69, 9.17) is 20.9 Å². The van der Waals surface area contributed by atoms with Crippen LogP contribution in [0, 0.1) is 13.8 Å². The lowest BCUT2D eigenvalue weighted by Crippen LogP contribution is -1.99. The van der Waals surface area contributed by atoms with Crippen molar-refractivity contribution in [1.82, 2.24) is 9.97 Å². The fraction of sp³-hybridized carbons (Fsp3) is 0.375. The highest BCUT2D eigenvalue weighted by Gasteiger charge is 2.06. The van der Waals surface area contributed by atoms with E-state index in [0.717, 1.165) is 15.9 Å². The van der Waals surface area contributed by atoms with Gasteiger partial charge in [-0.2, -0.15) is 0 Å². The monoisotopic (exact) mass is 382 g/mol. The zero-order valence-electron chi connectivity index (χ0n) is 13.9. The molecule has 0 radical (unpaired) electrons. The van der Waals surface area contributed by atoms with Gasteiger partial charge in [-0.1, -0.05) is 0 Å². The van der Waals surface area contributed by atoms with Crippen LogP contribution in [0.2, 0.25) is 0 Å². The number of nitrogens with two attached hydrogens (primary N) is 2. The van der Waals surface area contributed by atoms with Crippen LogP contribution in [0.3, 0.4) is 0 Å². The van der Waals surface area contributed by atoms with Gasteiger partial charge in [0.15, 0.2) is 0 Å². The van der Waals surface area contributed by atoms with Crippen molar-refractivity contribution in [2.75, 3.05) is 24.7 Å². The van der Waals surface area contributed by atoms with Gasteiger partial charge in [0.1, 0.15) is 4.47 Å². The van der Waals surface area contributed by atoms with Gasteiger partial charge in [0.2, 0.25) is 11.8 Å². The van der Waals surface area contributed by atoms with E-state index >= 15 is 0 Å². The molecule has 126 valence electrons. The van der Waals surface area contributed by atoms with E-state index in [-0.39, 0.29) is 0 Å². The number of nitrogen functional groups attached to an aromatic ring is 2. The number of ether oxygens (including phenoxy) is 2. The molecule has 0 aliphatic heterocycles. The second kappa shape index (κ2) is 9.19. The molecule has 23 heavy (non-hydrogen) atoms. The topological polar surface area (TPSA) is 96.3 Å². The minimum atomic E-state index is 0.565. The van der Waals surface area contributed by atoms with Crippen molar-refractivity contribution in [3.63, 3.8) is 0 Å². The van der Waals surface area contributed by atoms with Crippen LogP contribution in [0.4, 0.5) is 11.4 Å². The Morgan fingerprint density at radius 3 is 2.13 bits per heavy atom. The Kier molecular flexibility index (Phi) is 7.61. The molecular formula is C16H23BrN4O2. The van der Waals surface area contributed by atoms with Crippen LogP contribution in [0.5, 0.6) is 11.8 Å². The SMILES string of the molecule is CCOc1cc(N)cc(C)n1.CCOc1nc(C)cc(N)c1Br. The maximum absolute atomic E-state index is 5.68. The molecular weight excluding hydrogens is 360 g/mol. The molecule has 0 amide bonds. The molecule has 2 rings (SSSR count). The summed E-state index contributed by atoms with van der Waals surface area (Å²) in [5.41, 5.74) is 14.4. The van der Waals surface area contributed by atoms with Crippen molar-refractivity contribution < 1.29 is 9.47 Å². The molecule has 6 nitrogen and oxygen atoms in total. The molecule has 0 fully saturated rings. The third kappa shape index (κ3) is 6.32. The first-order valence-corrected chi connectivity index (χ1v) is 8.09. The van der Waals surface area contributed by atoms with E-state index < -0.39 is 0 Å². The molecule has 2 aromatic heterocycles. The zero-order chi connectivity index (χ0) is 17.4. The molecule has 0 unspecified atom stereocenters. The Morgan fingerprint density at radius 1 is 0.957 bits per heavy atom. The van der Waals surface area contributed by atoms with E-state index in [9.17, 15) is 0 Å². The second-order valence-electron chi connectivity index (χ2n) is 4.72. The highest BCUT2D eigenvalue weighted by atomic mass is 79.9. The van der Waals surface area contributed by atoms with Crippen LogP contribution in [0.15, 0.2) is 22.7 Å². The minimum Gasteiger partial charge on any atom is -0.478 e. The Labute approximate surface area is 145 Å². The van der Waals surface area contributed by atoms with E-state index in [0.29, 0.717) is 36.3 Å². The lowest BCUT2D eigenvalue weighted by molar-refractivity contribution is 0.324. The molecule has 4 N–H and O–H groups in total. The number of nitrogens with zero attached hydrogens (tertiary/aromatic N) is 2. The average molecular weight is 383 g/mol. The standard InChI is InChI=1S/C8H11BrN2O.C8H12N2O/c1-3-12-8-7(9)6(10)4-5(2)11-8;1-3-11-8-5-7(9)4-6(2)10-8/h4H,3H2,1-2H3,(H2,10,11);4-5H,3H2,1-2H3,(H2,9,10). The van der Waals surface area contributed by atoms with E-state index in [1.165, 1.54) is 0 Å². The van der Waals surface area contributed by atoms with E-state index in [1.807, 2.05) is 33.8 Å². The van der Waals surface area contributed by atoms with Crippen molar-refractivity contribution in [2.24, 2.45) is 0 Å². The van der Waals surface area contributed by atoms with Crippen molar-refractivity contribution in [3.05, 3.63) is 34.1 Å². The van der Waals surface area contributed by atoms with E-state index in [2.05, 4.69) is 25.9 Å². The normalized spacial score (nSPS) is 9.78. The Morgan fingerprint density at radius 2 is 1.57 bits per heavy atom. The summed E-state index contributed by atoms with van der Waals surface area (Å²) in [6.45, 7) is 8.81. The van der Waals surface area contributed by atoms with Gasteiger partial charge in [0.05, 0.1) is 18.9 Å². The predicted molar refractivity (Wildman–Crippen MR) is 96.8 cm³/mol. The molecule has 0 saturated heterocycles. The lowest BCUT2D eigenvalue weighted by Gasteiger charge is -2.07. The Balaban J connectivity index is 0.000000231. The van der Waals surface area contributed by atoms with Gasteiger partial charge >= 0.3 is 0 Å². The first kappa shape index (κ1) is 19.0. The first-order valence-electron chi connectivity index (χ1n) is 7.29. The van der Waals surface area contributed by atoms with Crippen molar-refractivity contribution in [3.8, 4) is 11.8 Å². The number of rotatable bonds is 4. The number of halogens is 1. The van der Waals surface area contributed by atoms with Gasteiger partial charge in [-0.05, 0) is 55.8 Å². The highest BCUT2D eigenvalue weighted by molar-refractivity contribution is 9.10. The smallest absolute Gasteiger partial charge is 0.230 e. The molecule has 7 heteroatoms. The third-order valence-electron chi connectivity index (χ3n) is 2.61. The third-order valence-corrected chi connectivity index (χ3v) is 3.41. The molecule has 0 aliphatic rings. The second-order valence-corrected chi connectivity index (χ2v) is 5.51. The average Bonchev–Trinajstić information content (AvgIpc) is 2.44. The first-order chi connectivity index (χ1) is 10.9. The van der Waals surface area contributed by atoms with Gasteiger partial charge in [0, 0.05) is 23.1 Å². The van der Waals surface area contributed by atoms with Crippen LogP contribution >= 0.6 is 15.9 Å². The summed E-state index contributed by atoms with van der Waals surface area (Å²) in [4.78, 5) is 8.30. The summed E-state index contributed by atoms with van der Waals surface area (Å²) < 4.78 is 11.2. The number of anilines is 2. The van der Waals surface area contributed by atoms with Crippen molar-refractivity contribution in [1.29, 1.82) is 0 Å². The highest BCUT2D eigenvalue weighted by Crippen LogP contribution is 2.29. The number of hydrogen-bond donors (Lipinski definition) is 2. The maximum Gasteiger partial charge on any atom is 0.230 e. The van der Waals surface area contributed by atoms with Crippen LogP contribution in [0.1, 0.15) is 25.2 Å². The van der Waals surface area contributed by atoms with E-state index in [1.54, 1.807) is 12.1 Å². The largest absolute Gasteiger partial charge is 0.478 e. The summed E-state index contributed by atoms with van der Waals surface area (Å²) in [5, 5.41) is 0. The molecule has 0 bridgehead atoms. The Bertz CT molecular complexity index is 630. The van der Waals surface area contributed by atoms with Crippen LogP contribution in [0.25, 0.3) is 0 Å². The quantitative estimate of drug-likeness (QED) is 0.839. The summed E-state index contributed by atoms with van der Waals surface area (Å²) in [5.74, 6) is 1.17. The summed E-state index contributed by atoms with van der Waals surface area (Å²) in [7, 11) is 0. The number of aryl methyl sites for hydroxylation is 2. The molecule has 2 heterocycles. The number of hydrogen-bond acceptors (Lipinski definition) is 6. The number of aromatic nitrogens is 2. The molecule has 0 spiro atoms. The zero-order valence-corrected chi connectivity index (χ0v) is 15.5. The van der Waals surface area contributed by atoms with Gasteiger partial charge in [-0.3, -0.25) is 0 Å². The van der Waals surface area contributed by atoms with Crippen LogP contribution < -0.4 is 20.9 Å². The number of pyridine rings is 2. The lowest BCUT2D eigenvalue weighted by atomic mass is 10.3. The summed E-state index contributed by atoms with van der Waals surface area (Å²) in [6.07, 6.45) is 0.